The van der Waals surface area contributed by atoms with Crippen molar-refractivity contribution in [3.8, 4) is 0 Å². The van der Waals surface area contributed by atoms with Crippen LogP contribution in [0, 0.1) is 6.92 Å². The van der Waals surface area contributed by atoms with Crippen molar-refractivity contribution in [1.82, 2.24) is 14.7 Å². The molecule has 0 amide bonds. The summed E-state index contributed by atoms with van der Waals surface area (Å²) in [5.74, 6) is 1.43. The molecule has 0 unspecified atom stereocenters. The molecule has 1 aliphatic rings. The van der Waals surface area contributed by atoms with Gasteiger partial charge in [0.05, 0.1) is 4.90 Å². The van der Waals surface area contributed by atoms with E-state index in [9.17, 15) is 8.42 Å². The van der Waals surface area contributed by atoms with Gasteiger partial charge in [-0.2, -0.15) is 4.98 Å². The highest BCUT2D eigenvalue weighted by Crippen LogP contribution is 2.19. The first-order valence-corrected chi connectivity index (χ1v) is 10.4. The number of anilines is 2. The van der Waals surface area contributed by atoms with Crippen molar-refractivity contribution in [1.29, 1.82) is 0 Å². The maximum atomic E-state index is 12.2. The Balaban J connectivity index is 1.55. The van der Waals surface area contributed by atoms with E-state index < -0.39 is 10.0 Å². The van der Waals surface area contributed by atoms with Gasteiger partial charge in [0.1, 0.15) is 5.82 Å². The molecule has 0 saturated carbocycles. The van der Waals surface area contributed by atoms with Crippen LogP contribution in [-0.4, -0.2) is 44.6 Å². The third-order valence-electron chi connectivity index (χ3n) is 4.09. The summed E-state index contributed by atoms with van der Waals surface area (Å²) < 4.78 is 27.0. The average molecular weight is 396 g/mol. The summed E-state index contributed by atoms with van der Waals surface area (Å²) in [5.41, 5.74) is 0.881. The van der Waals surface area contributed by atoms with Gasteiger partial charge in [-0.05, 0) is 44.0 Å². The molecule has 3 rings (SSSR count). The lowest BCUT2D eigenvalue weighted by Gasteiger charge is -2.17. The molecule has 2 heterocycles. The Morgan fingerprint density at radius 3 is 2.50 bits per heavy atom. The van der Waals surface area contributed by atoms with E-state index in [1.165, 1.54) is 25.0 Å². The van der Waals surface area contributed by atoms with Gasteiger partial charge in [0.25, 0.3) is 0 Å². The molecule has 1 saturated heterocycles. The van der Waals surface area contributed by atoms with Crippen LogP contribution in [-0.2, 0) is 10.0 Å². The van der Waals surface area contributed by atoms with Crippen molar-refractivity contribution < 1.29 is 8.42 Å². The predicted octanol–water partition coefficient (Wildman–Crippen LogP) is 2.43. The molecule has 1 fully saturated rings. The summed E-state index contributed by atoms with van der Waals surface area (Å²) >= 11 is 5.79. The highest BCUT2D eigenvalue weighted by atomic mass is 35.5. The molecule has 2 aromatic rings. The fraction of sp³-hybridized carbons (Fsp3) is 0.412. The molecule has 0 radical (unpaired) electrons. The van der Waals surface area contributed by atoms with E-state index in [0.29, 0.717) is 17.5 Å². The summed E-state index contributed by atoms with van der Waals surface area (Å²) in [7, 11) is -3.56. The molecule has 1 aromatic heterocycles. The summed E-state index contributed by atoms with van der Waals surface area (Å²) in [6.07, 6.45) is 2.36. The van der Waals surface area contributed by atoms with E-state index in [1.807, 2.05) is 13.0 Å². The Morgan fingerprint density at radius 1 is 1.12 bits per heavy atom. The first-order valence-electron chi connectivity index (χ1n) is 8.54. The zero-order valence-corrected chi connectivity index (χ0v) is 16.1. The van der Waals surface area contributed by atoms with E-state index in [2.05, 4.69) is 24.9 Å². The Hall–Kier alpha value is -1.90. The predicted molar refractivity (Wildman–Crippen MR) is 103 cm³/mol. The summed E-state index contributed by atoms with van der Waals surface area (Å²) in [4.78, 5) is 11.3. The number of hydrogen-bond acceptors (Lipinski definition) is 6. The second-order valence-corrected chi connectivity index (χ2v) is 8.37. The third kappa shape index (κ3) is 4.84. The summed E-state index contributed by atoms with van der Waals surface area (Å²) in [6, 6.07) is 8.03. The monoisotopic (exact) mass is 395 g/mol. The molecule has 26 heavy (non-hydrogen) atoms. The van der Waals surface area contributed by atoms with Crippen LogP contribution >= 0.6 is 11.6 Å². The molecular formula is C17H22ClN5O2S. The Bertz CT molecular complexity index is 852. The standard InChI is InChI=1S/C17H22ClN5O2S/c1-13-12-16(23-10-2-3-11-23)22-17(21-13)19-8-9-20-26(24,25)15-6-4-14(18)5-7-15/h4-7,12,20H,2-3,8-11H2,1H3,(H,19,21,22). The molecule has 1 aliphatic heterocycles. The van der Waals surface area contributed by atoms with Gasteiger partial charge in [-0.1, -0.05) is 11.6 Å². The van der Waals surface area contributed by atoms with Gasteiger partial charge in [-0.15, -0.1) is 0 Å². The summed E-state index contributed by atoms with van der Waals surface area (Å²) in [5, 5.41) is 3.58. The van der Waals surface area contributed by atoms with E-state index in [-0.39, 0.29) is 11.4 Å². The molecule has 1 aromatic carbocycles. The average Bonchev–Trinajstić information content (AvgIpc) is 3.13. The van der Waals surface area contributed by atoms with E-state index in [4.69, 9.17) is 11.6 Å². The maximum Gasteiger partial charge on any atom is 0.240 e. The summed E-state index contributed by atoms with van der Waals surface area (Å²) in [6.45, 7) is 4.56. The van der Waals surface area contributed by atoms with Crippen LogP contribution < -0.4 is 14.9 Å². The van der Waals surface area contributed by atoms with E-state index in [1.54, 1.807) is 12.1 Å². The molecule has 9 heteroatoms. The van der Waals surface area contributed by atoms with Crippen LogP contribution in [0.3, 0.4) is 0 Å². The van der Waals surface area contributed by atoms with Gasteiger partial charge in [0.15, 0.2) is 0 Å². The van der Waals surface area contributed by atoms with Crippen molar-refractivity contribution in [2.24, 2.45) is 0 Å². The van der Waals surface area contributed by atoms with Gasteiger partial charge < -0.3 is 10.2 Å². The number of nitrogens with zero attached hydrogens (tertiary/aromatic N) is 3. The lowest BCUT2D eigenvalue weighted by molar-refractivity contribution is 0.583. The Labute approximate surface area is 158 Å². The zero-order valence-electron chi connectivity index (χ0n) is 14.6. The van der Waals surface area contributed by atoms with Gasteiger partial charge in [-0.3, -0.25) is 0 Å². The lowest BCUT2D eigenvalue weighted by atomic mass is 10.4. The number of aryl methyl sites for hydroxylation is 1. The van der Waals surface area contributed by atoms with E-state index in [0.717, 1.165) is 24.6 Å². The smallest absolute Gasteiger partial charge is 0.240 e. The topological polar surface area (TPSA) is 87.2 Å². The lowest BCUT2D eigenvalue weighted by Crippen LogP contribution is -2.29. The number of hydrogen-bond donors (Lipinski definition) is 2. The quantitative estimate of drug-likeness (QED) is 0.700. The van der Waals surface area contributed by atoms with E-state index >= 15 is 0 Å². The fourth-order valence-electron chi connectivity index (χ4n) is 2.80. The first-order chi connectivity index (χ1) is 12.4. The highest BCUT2D eigenvalue weighted by Gasteiger charge is 2.15. The number of halogens is 1. The normalized spacial score (nSPS) is 14.6. The highest BCUT2D eigenvalue weighted by molar-refractivity contribution is 7.89. The number of aromatic nitrogens is 2. The van der Waals surface area contributed by atoms with Gasteiger partial charge in [0, 0.05) is 43.0 Å². The van der Waals surface area contributed by atoms with Crippen LogP contribution in [0.5, 0.6) is 0 Å². The molecule has 140 valence electrons. The van der Waals surface area contributed by atoms with Crippen LogP contribution in [0.2, 0.25) is 5.02 Å². The van der Waals surface area contributed by atoms with Crippen molar-refractivity contribution in [2.45, 2.75) is 24.7 Å². The third-order valence-corrected chi connectivity index (χ3v) is 5.82. The second kappa shape index (κ2) is 8.20. The van der Waals surface area contributed by atoms with Crippen molar-refractivity contribution in [3.63, 3.8) is 0 Å². The minimum Gasteiger partial charge on any atom is -0.356 e. The number of sulfonamides is 1. The molecule has 0 spiro atoms. The molecule has 2 N–H and O–H groups in total. The van der Waals surface area contributed by atoms with Crippen LogP contribution in [0.4, 0.5) is 11.8 Å². The van der Waals surface area contributed by atoms with Crippen LogP contribution in [0.15, 0.2) is 35.2 Å². The minimum atomic E-state index is -3.56. The molecule has 0 atom stereocenters. The van der Waals surface area contributed by atoms with Gasteiger partial charge in [0.2, 0.25) is 16.0 Å². The maximum absolute atomic E-state index is 12.2. The van der Waals surface area contributed by atoms with Gasteiger partial charge in [-0.25, -0.2) is 18.1 Å². The van der Waals surface area contributed by atoms with Crippen LogP contribution in [0.25, 0.3) is 0 Å². The molecule has 0 bridgehead atoms. The van der Waals surface area contributed by atoms with Crippen molar-refractivity contribution in [3.05, 3.63) is 41.0 Å². The first kappa shape index (κ1) is 18.9. The Morgan fingerprint density at radius 2 is 1.81 bits per heavy atom. The molecular weight excluding hydrogens is 374 g/mol. The number of nitrogens with one attached hydrogen (secondary N) is 2. The van der Waals surface area contributed by atoms with Crippen molar-refractivity contribution in [2.75, 3.05) is 36.4 Å². The zero-order chi connectivity index (χ0) is 18.6. The van der Waals surface area contributed by atoms with Gasteiger partial charge >= 0.3 is 0 Å². The minimum absolute atomic E-state index is 0.185. The molecule has 0 aliphatic carbocycles. The van der Waals surface area contributed by atoms with Crippen molar-refractivity contribution >= 4 is 33.4 Å². The fourth-order valence-corrected chi connectivity index (χ4v) is 3.95. The number of rotatable bonds is 7. The number of benzene rings is 1. The van der Waals surface area contributed by atoms with Crippen LogP contribution in [0.1, 0.15) is 18.5 Å². The second-order valence-electron chi connectivity index (χ2n) is 6.16. The Kier molecular flexibility index (Phi) is 5.95. The molecule has 7 nitrogen and oxygen atoms in total. The SMILES string of the molecule is Cc1cc(N2CCCC2)nc(NCCNS(=O)(=O)c2ccc(Cl)cc2)n1. The largest absolute Gasteiger partial charge is 0.356 e.